The van der Waals surface area contributed by atoms with Crippen molar-refractivity contribution in [3.63, 3.8) is 0 Å². The van der Waals surface area contributed by atoms with E-state index in [1.165, 1.54) is 5.69 Å². The first kappa shape index (κ1) is 11.7. The topological polar surface area (TPSA) is 24.9 Å². The van der Waals surface area contributed by atoms with E-state index in [-0.39, 0.29) is 0 Å². The molecule has 0 saturated heterocycles. The van der Waals surface area contributed by atoms with Crippen molar-refractivity contribution < 1.29 is 0 Å². The summed E-state index contributed by atoms with van der Waals surface area (Å²) < 4.78 is 0. The molecule has 1 rings (SSSR count). The maximum atomic E-state index is 4.29. The Kier molecular flexibility index (Phi) is 5.12. The molecule has 1 atom stereocenters. The van der Waals surface area contributed by atoms with Crippen molar-refractivity contribution in [3.8, 4) is 0 Å². The van der Waals surface area contributed by atoms with Crippen LogP contribution >= 0.6 is 11.3 Å². The van der Waals surface area contributed by atoms with Gasteiger partial charge in [0, 0.05) is 5.38 Å². The van der Waals surface area contributed by atoms with Crippen molar-refractivity contribution in [2.24, 2.45) is 11.8 Å². The quantitative estimate of drug-likeness (QED) is 0.784. The van der Waals surface area contributed by atoms with Crippen LogP contribution in [0.15, 0.2) is 10.9 Å². The second kappa shape index (κ2) is 6.14. The van der Waals surface area contributed by atoms with Gasteiger partial charge in [-0.25, -0.2) is 4.98 Å². The number of hydrogen-bond acceptors (Lipinski definition) is 3. The zero-order chi connectivity index (χ0) is 10.4. The molecule has 0 bridgehead atoms. The molecule has 0 fully saturated rings. The Balaban J connectivity index is 2.13. The molecule has 0 aliphatic heterocycles. The summed E-state index contributed by atoms with van der Waals surface area (Å²) in [5.41, 5.74) is 3.14. The van der Waals surface area contributed by atoms with Crippen LogP contribution in [0, 0.1) is 11.8 Å². The van der Waals surface area contributed by atoms with Crippen LogP contribution < -0.4 is 5.32 Å². The molecule has 3 heteroatoms. The summed E-state index contributed by atoms with van der Waals surface area (Å²) in [5.74, 6) is 1.41. The molecule has 0 amide bonds. The van der Waals surface area contributed by atoms with Gasteiger partial charge in [-0.2, -0.15) is 0 Å². The summed E-state index contributed by atoms with van der Waals surface area (Å²) in [5, 5.41) is 5.61. The summed E-state index contributed by atoms with van der Waals surface area (Å²) in [6, 6.07) is 0. The lowest BCUT2D eigenvalue weighted by Gasteiger charge is -2.12. The van der Waals surface area contributed by atoms with Gasteiger partial charge in [0.15, 0.2) is 0 Å². The summed E-state index contributed by atoms with van der Waals surface area (Å²) in [7, 11) is 0. The number of hydrogen-bond donors (Lipinski definition) is 1. The van der Waals surface area contributed by atoms with Gasteiger partial charge in [-0.15, -0.1) is 11.3 Å². The van der Waals surface area contributed by atoms with Gasteiger partial charge in [0.2, 0.25) is 0 Å². The molecule has 0 aromatic carbocycles. The minimum Gasteiger partial charge on any atom is -0.316 e. The normalized spacial score (nSPS) is 13.4. The van der Waals surface area contributed by atoms with Crippen molar-refractivity contribution >= 4 is 11.3 Å². The highest BCUT2D eigenvalue weighted by Gasteiger charge is 2.04. The van der Waals surface area contributed by atoms with E-state index in [2.05, 4.69) is 36.5 Å². The molecular formula is C11H20N2S. The smallest absolute Gasteiger partial charge is 0.0794 e. The fraction of sp³-hybridized carbons (Fsp3) is 0.727. The van der Waals surface area contributed by atoms with E-state index in [9.17, 15) is 0 Å². The summed E-state index contributed by atoms with van der Waals surface area (Å²) in [4.78, 5) is 4.29. The standard InChI is InChI=1S/C11H20N2S/c1-9(2)5-12-6-10(3)4-11-7-14-8-13-11/h7-10,12H,4-6H2,1-3H3. The third-order valence-corrected chi connectivity index (χ3v) is 2.72. The van der Waals surface area contributed by atoms with Gasteiger partial charge in [0.1, 0.15) is 0 Å². The van der Waals surface area contributed by atoms with Gasteiger partial charge in [0.25, 0.3) is 0 Å². The number of thiazole rings is 1. The minimum atomic E-state index is 0.677. The van der Waals surface area contributed by atoms with Crippen molar-refractivity contribution in [3.05, 3.63) is 16.6 Å². The fourth-order valence-corrected chi connectivity index (χ4v) is 1.96. The average Bonchev–Trinajstić information content (AvgIpc) is 2.56. The van der Waals surface area contributed by atoms with Gasteiger partial charge >= 0.3 is 0 Å². The second-order valence-corrected chi connectivity index (χ2v) is 5.06. The van der Waals surface area contributed by atoms with E-state index in [0.29, 0.717) is 5.92 Å². The molecule has 1 heterocycles. The van der Waals surface area contributed by atoms with Gasteiger partial charge in [-0.3, -0.25) is 0 Å². The first-order valence-electron chi connectivity index (χ1n) is 5.26. The van der Waals surface area contributed by atoms with E-state index in [1.807, 2.05) is 5.51 Å². The predicted molar refractivity (Wildman–Crippen MR) is 62.7 cm³/mol. The van der Waals surface area contributed by atoms with E-state index >= 15 is 0 Å². The van der Waals surface area contributed by atoms with E-state index in [1.54, 1.807) is 11.3 Å². The van der Waals surface area contributed by atoms with Crippen molar-refractivity contribution in [1.82, 2.24) is 10.3 Å². The number of nitrogens with one attached hydrogen (secondary N) is 1. The summed E-state index contributed by atoms with van der Waals surface area (Å²) in [6.45, 7) is 8.94. The van der Waals surface area contributed by atoms with Crippen LogP contribution in [0.3, 0.4) is 0 Å². The first-order chi connectivity index (χ1) is 6.68. The third kappa shape index (κ3) is 4.72. The SMILES string of the molecule is CC(C)CNCC(C)Cc1cscn1. The zero-order valence-corrected chi connectivity index (χ0v) is 10.1. The molecule has 1 unspecified atom stereocenters. The van der Waals surface area contributed by atoms with E-state index in [4.69, 9.17) is 0 Å². The van der Waals surface area contributed by atoms with Crippen LogP contribution in [-0.2, 0) is 6.42 Å². The highest BCUT2D eigenvalue weighted by molar-refractivity contribution is 7.07. The zero-order valence-electron chi connectivity index (χ0n) is 9.29. The Morgan fingerprint density at radius 1 is 1.36 bits per heavy atom. The van der Waals surface area contributed by atoms with Gasteiger partial charge in [0.05, 0.1) is 11.2 Å². The van der Waals surface area contributed by atoms with E-state index < -0.39 is 0 Å². The van der Waals surface area contributed by atoms with Crippen molar-refractivity contribution in [2.45, 2.75) is 27.2 Å². The minimum absolute atomic E-state index is 0.677. The molecule has 0 saturated carbocycles. The maximum absolute atomic E-state index is 4.29. The largest absolute Gasteiger partial charge is 0.316 e. The molecule has 0 radical (unpaired) electrons. The fourth-order valence-electron chi connectivity index (χ4n) is 1.39. The van der Waals surface area contributed by atoms with Gasteiger partial charge in [-0.1, -0.05) is 20.8 Å². The molecule has 1 N–H and O–H groups in total. The van der Waals surface area contributed by atoms with Crippen molar-refractivity contribution in [1.29, 1.82) is 0 Å². The summed E-state index contributed by atoms with van der Waals surface area (Å²) in [6.07, 6.45) is 1.09. The van der Waals surface area contributed by atoms with Crippen LogP contribution in [0.2, 0.25) is 0 Å². The Morgan fingerprint density at radius 3 is 2.71 bits per heavy atom. The lowest BCUT2D eigenvalue weighted by Crippen LogP contribution is -2.26. The lowest BCUT2D eigenvalue weighted by atomic mass is 10.1. The van der Waals surface area contributed by atoms with Crippen LogP contribution in [-0.4, -0.2) is 18.1 Å². The monoisotopic (exact) mass is 212 g/mol. The van der Waals surface area contributed by atoms with Crippen LogP contribution in [0.4, 0.5) is 0 Å². The Bertz CT molecular complexity index is 231. The molecule has 0 aliphatic rings. The molecule has 14 heavy (non-hydrogen) atoms. The van der Waals surface area contributed by atoms with Crippen LogP contribution in [0.1, 0.15) is 26.5 Å². The van der Waals surface area contributed by atoms with Crippen LogP contribution in [0.25, 0.3) is 0 Å². The lowest BCUT2D eigenvalue weighted by molar-refractivity contribution is 0.471. The molecule has 1 aromatic heterocycles. The Labute approximate surface area is 90.8 Å². The molecule has 2 nitrogen and oxygen atoms in total. The first-order valence-corrected chi connectivity index (χ1v) is 6.20. The highest BCUT2D eigenvalue weighted by Crippen LogP contribution is 2.07. The van der Waals surface area contributed by atoms with Gasteiger partial charge < -0.3 is 5.32 Å². The van der Waals surface area contributed by atoms with Crippen LogP contribution in [0.5, 0.6) is 0 Å². The number of nitrogens with zero attached hydrogens (tertiary/aromatic N) is 1. The highest BCUT2D eigenvalue weighted by atomic mass is 32.1. The number of aromatic nitrogens is 1. The molecule has 1 aromatic rings. The second-order valence-electron chi connectivity index (χ2n) is 4.34. The Morgan fingerprint density at radius 2 is 2.14 bits per heavy atom. The molecule has 80 valence electrons. The van der Waals surface area contributed by atoms with E-state index in [0.717, 1.165) is 25.4 Å². The molecular weight excluding hydrogens is 192 g/mol. The van der Waals surface area contributed by atoms with Gasteiger partial charge in [-0.05, 0) is 31.3 Å². The third-order valence-electron chi connectivity index (χ3n) is 2.09. The van der Waals surface area contributed by atoms with Crippen molar-refractivity contribution in [2.75, 3.05) is 13.1 Å². The maximum Gasteiger partial charge on any atom is 0.0794 e. The Hall–Kier alpha value is -0.410. The average molecular weight is 212 g/mol. The molecule has 0 aliphatic carbocycles. The predicted octanol–water partition coefficient (Wildman–Crippen LogP) is 2.57. The number of rotatable bonds is 6. The molecule has 0 spiro atoms. The summed E-state index contributed by atoms with van der Waals surface area (Å²) >= 11 is 1.68.